The molecule has 17 heavy (non-hydrogen) atoms. The molecule has 0 aromatic heterocycles. The SMILES string of the molecule is Cc1ccccc1N1CC(C)NC(CCO)C1. The monoisotopic (exact) mass is 234 g/mol. The van der Waals surface area contributed by atoms with Gasteiger partial charge in [-0.1, -0.05) is 18.2 Å². The smallest absolute Gasteiger partial charge is 0.0446 e. The first-order chi connectivity index (χ1) is 8.20. The Bertz CT molecular complexity index is 367. The molecule has 3 heteroatoms. The van der Waals surface area contributed by atoms with Crippen molar-refractivity contribution in [2.75, 3.05) is 24.6 Å². The van der Waals surface area contributed by atoms with Gasteiger partial charge in [0.1, 0.15) is 0 Å². The molecule has 1 aliphatic heterocycles. The number of hydrogen-bond acceptors (Lipinski definition) is 3. The molecule has 1 saturated heterocycles. The van der Waals surface area contributed by atoms with E-state index < -0.39 is 0 Å². The maximum atomic E-state index is 9.06. The number of aliphatic hydroxyl groups is 1. The van der Waals surface area contributed by atoms with Crippen molar-refractivity contribution in [2.24, 2.45) is 0 Å². The van der Waals surface area contributed by atoms with Crippen molar-refractivity contribution in [3.8, 4) is 0 Å². The van der Waals surface area contributed by atoms with Crippen molar-refractivity contribution in [1.82, 2.24) is 5.32 Å². The van der Waals surface area contributed by atoms with Gasteiger partial charge in [0.05, 0.1) is 0 Å². The van der Waals surface area contributed by atoms with E-state index >= 15 is 0 Å². The van der Waals surface area contributed by atoms with Gasteiger partial charge < -0.3 is 15.3 Å². The van der Waals surface area contributed by atoms with Gasteiger partial charge in [0.2, 0.25) is 0 Å². The second kappa shape index (κ2) is 5.52. The second-order valence-corrected chi connectivity index (χ2v) is 4.97. The number of benzene rings is 1. The van der Waals surface area contributed by atoms with Gasteiger partial charge in [0, 0.05) is 37.5 Å². The van der Waals surface area contributed by atoms with Gasteiger partial charge >= 0.3 is 0 Å². The number of anilines is 1. The van der Waals surface area contributed by atoms with Gasteiger partial charge in [-0.05, 0) is 31.9 Å². The first-order valence-electron chi connectivity index (χ1n) is 6.38. The fourth-order valence-electron chi connectivity index (χ4n) is 2.62. The minimum Gasteiger partial charge on any atom is -0.396 e. The molecular formula is C14H22N2O. The maximum absolute atomic E-state index is 9.06. The van der Waals surface area contributed by atoms with Crippen LogP contribution >= 0.6 is 0 Å². The van der Waals surface area contributed by atoms with E-state index in [1.807, 2.05) is 0 Å². The molecule has 0 bridgehead atoms. The average Bonchev–Trinajstić information content (AvgIpc) is 2.29. The summed E-state index contributed by atoms with van der Waals surface area (Å²) in [5.41, 5.74) is 2.65. The fourth-order valence-corrected chi connectivity index (χ4v) is 2.62. The van der Waals surface area contributed by atoms with Crippen LogP contribution in [0.1, 0.15) is 18.9 Å². The average molecular weight is 234 g/mol. The number of nitrogens with zero attached hydrogens (tertiary/aromatic N) is 1. The van der Waals surface area contributed by atoms with E-state index in [0.717, 1.165) is 19.5 Å². The van der Waals surface area contributed by atoms with Crippen LogP contribution < -0.4 is 10.2 Å². The van der Waals surface area contributed by atoms with Crippen LogP contribution in [-0.2, 0) is 0 Å². The zero-order chi connectivity index (χ0) is 12.3. The van der Waals surface area contributed by atoms with Crippen molar-refractivity contribution >= 4 is 5.69 Å². The molecule has 2 atom stereocenters. The van der Waals surface area contributed by atoms with E-state index in [0.29, 0.717) is 12.1 Å². The van der Waals surface area contributed by atoms with Crippen molar-refractivity contribution in [2.45, 2.75) is 32.4 Å². The molecule has 1 aromatic rings. The summed E-state index contributed by atoms with van der Waals surface area (Å²) in [6.07, 6.45) is 0.826. The number of piperazine rings is 1. The zero-order valence-corrected chi connectivity index (χ0v) is 10.7. The molecule has 0 radical (unpaired) electrons. The van der Waals surface area contributed by atoms with E-state index in [1.54, 1.807) is 0 Å². The van der Waals surface area contributed by atoms with E-state index in [9.17, 15) is 0 Å². The Morgan fingerprint density at radius 3 is 2.82 bits per heavy atom. The lowest BCUT2D eigenvalue weighted by Gasteiger charge is -2.39. The topological polar surface area (TPSA) is 35.5 Å². The number of aryl methyl sites for hydroxylation is 1. The Morgan fingerprint density at radius 2 is 2.12 bits per heavy atom. The number of aliphatic hydroxyl groups excluding tert-OH is 1. The summed E-state index contributed by atoms with van der Waals surface area (Å²) >= 11 is 0. The van der Waals surface area contributed by atoms with Gasteiger partial charge in [0.25, 0.3) is 0 Å². The molecule has 2 rings (SSSR count). The molecule has 3 nitrogen and oxygen atoms in total. The van der Waals surface area contributed by atoms with Crippen LogP contribution in [0, 0.1) is 6.92 Å². The molecule has 1 heterocycles. The van der Waals surface area contributed by atoms with Gasteiger partial charge in [0.15, 0.2) is 0 Å². The van der Waals surface area contributed by atoms with E-state index in [-0.39, 0.29) is 6.61 Å². The molecule has 1 aliphatic rings. The van der Waals surface area contributed by atoms with Crippen molar-refractivity contribution in [3.63, 3.8) is 0 Å². The fraction of sp³-hybridized carbons (Fsp3) is 0.571. The quantitative estimate of drug-likeness (QED) is 0.833. The minimum absolute atomic E-state index is 0.256. The summed E-state index contributed by atoms with van der Waals surface area (Å²) in [5.74, 6) is 0. The Morgan fingerprint density at radius 1 is 1.35 bits per heavy atom. The highest BCUT2D eigenvalue weighted by molar-refractivity contribution is 5.53. The molecule has 0 saturated carbocycles. The molecule has 2 unspecified atom stereocenters. The first kappa shape index (κ1) is 12.4. The van der Waals surface area contributed by atoms with Gasteiger partial charge in [-0.3, -0.25) is 0 Å². The summed E-state index contributed by atoms with van der Waals surface area (Å²) in [4.78, 5) is 2.43. The highest BCUT2D eigenvalue weighted by Crippen LogP contribution is 2.22. The normalized spacial score (nSPS) is 25.0. The summed E-state index contributed by atoms with van der Waals surface area (Å²) < 4.78 is 0. The molecule has 0 amide bonds. The van der Waals surface area contributed by atoms with Crippen LogP contribution in [0.15, 0.2) is 24.3 Å². The third-order valence-corrected chi connectivity index (χ3v) is 3.39. The Labute approximate surface area is 103 Å². The minimum atomic E-state index is 0.256. The van der Waals surface area contributed by atoms with Crippen LogP contribution in [0.3, 0.4) is 0 Å². The number of hydrogen-bond donors (Lipinski definition) is 2. The molecule has 94 valence electrons. The highest BCUT2D eigenvalue weighted by Gasteiger charge is 2.24. The van der Waals surface area contributed by atoms with E-state index in [2.05, 4.69) is 48.3 Å². The predicted octanol–water partition coefficient (Wildman–Crippen LogP) is 1.54. The molecule has 0 spiro atoms. The Hall–Kier alpha value is -1.06. The Kier molecular flexibility index (Phi) is 4.02. The summed E-state index contributed by atoms with van der Waals surface area (Å²) in [6.45, 7) is 6.63. The lowest BCUT2D eigenvalue weighted by molar-refractivity contribution is 0.250. The summed E-state index contributed by atoms with van der Waals surface area (Å²) in [6, 6.07) is 9.38. The van der Waals surface area contributed by atoms with Gasteiger partial charge in [-0.2, -0.15) is 0 Å². The standard InChI is InChI=1S/C14H22N2O/c1-11-5-3-4-6-14(11)16-9-12(2)15-13(10-16)7-8-17/h3-6,12-13,15,17H,7-10H2,1-2H3. The lowest BCUT2D eigenvalue weighted by atomic mass is 10.1. The Balaban J connectivity index is 2.12. The molecule has 1 aromatic carbocycles. The van der Waals surface area contributed by atoms with Crippen LogP contribution in [0.2, 0.25) is 0 Å². The summed E-state index contributed by atoms with van der Waals surface area (Å²) in [5, 5.41) is 12.6. The van der Waals surface area contributed by atoms with Crippen LogP contribution in [0.5, 0.6) is 0 Å². The molecular weight excluding hydrogens is 212 g/mol. The molecule has 2 N–H and O–H groups in total. The van der Waals surface area contributed by atoms with Crippen LogP contribution in [0.4, 0.5) is 5.69 Å². The third kappa shape index (κ3) is 2.99. The second-order valence-electron chi connectivity index (χ2n) is 4.97. The predicted molar refractivity (Wildman–Crippen MR) is 71.5 cm³/mol. The molecule has 0 aliphatic carbocycles. The number of rotatable bonds is 3. The zero-order valence-electron chi connectivity index (χ0n) is 10.7. The van der Waals surface area contributed by atoms with Crippen LogP contribution in [0.25, 0.3) is 0 Å². The number of para-hydroxylation sites is 1. The van der Waals surface area contributed by atoms with Gasteiger partial charge in [-0.25, -0.2) is 0 Å². The van der Waals surface area contributed by atoms with E-state index in [4.69, 9.17) is 5.11 Å². The van der Waals surface area contributed by atoms with Crippen molar-refractivity contribution in [1.29, 1.82) is 0 Å². The highest BCUT2D eigenvalue weighted by atomic mass is 16.3. The van der Waals surface area contributed by atoms with Crippen molar-refractivity contribution < 1.29 is 5.11 Å². The van der Waals surface area contributed by atoms with Crippen molar-refractivity contribution in [3.05, 3.63) is 29.8 Å². The maximum Gasteiger partial charge on any atom is 0.0446 e. The lowest BCUT2D eigenvalue weighted by Crippen LogP contribution is -2.55. The largest absolute Gasteiger partial charge is 0.396 e. The van der Waals surface area contributed by atoms with Gasteiger partial charge in [-0.15, -0.1) is 0 Å². The van der Waals surface area contributed by atoms with Crippen LogP contribution in [-0.4, -0.2) is 36.9 Å². The molecule has 1 fully saturated rings. The third-order valence-electron chi connectivity index (χ3n) is 3.39. The summed E-state index contributed by atoms with van der Waals surface area (Å²) in [7, 11) is 0. The van der Waals surface area contributed by atoms with E-state index in [1.165, 1.54) is 11.3 Å². The first-order valence-corrected chi connectivity index (χ1v) is 6.38. The number of nitrogens with one attached hydrogen (secondary N) is 1.